The molecule has 0 radical (unpaired) electrons. The lowest BCUT2D eigenvalue weighted by Gasteiger charge is -2.43. The number of Topliss-reactive ketones (excluding diaryl/α,β-unsaturated/α-hetero) is 1. The number of aromatic carboxylic acids is 1. The molecule has 2 unspecified atom stereocenters. The van der Waals surface area contributed by atoms with Crippen molar-refractivity contribution < 1.29 is 58.4 Å². The number of alkyl carbamates (subject to hydrolysis) is 1. The molecule has 3 aliphatic rings. The van der Waals surface area contributed by atoms with Crippen LogP contribution >= 0.6 is 0 Å². The molecular weight excluding hydrogens is 596 g/mol. The van der Waals surface area contributed by atoms with Crippen molar-refractivity contribution in [2.24, 2.45) is 5.92 Å². The molecule has 248 valence electrons. The molecule has 1 saturated carbocycles. The number of hydrogen-bond donors (Lipinski definition) is 4. The van der Waals surface area contributed by atoms with Gasteiger partial charge >= 0.3 is 24.1 Å². The first-order valence-electron chi connectivity index (χ1n) is 14.2. The molecule has 1 aromatic heterocycles. The summed E-state index contributed by atoms with van der Waals surface area (Å²) in [7, 11) is 1.22. The second-order valence-corrected chi connectivity index (χ2v) is 11.4. The number of fused-ring (bicyclic) bond motifs is 1. The number of nitrogens with zero attached hydrogens (tertiary/aromatic N) is 3. The number of aliphatic carboxylic acids is 2. The van der Waals surface area contributed by atoms with Crippen molar-refractivity contribution in [2.75, 3.05) is 13.7 Å². The summed E-state index contributed by atoms with van der Waals surface area (Å²) in [5, 5.41) is 28.0. The predicted molar refractivity (Wildman–Crippen MR) is 156 cm³/mol. The van der Waals surface area contributed by atoms with Crippen LogP contribution in [0, 0.1) is 5.92 Å². The van der Waals surface area contributed by atoms with E-state index in [1.165, 1.54) is 39.9 Å². The van der Waals surface area contributed by atoms with E-state index in [-0.39, 0.29) is 17.4 Å². The van der Waals surface area contributed by atoms with Crippen molar-refractivity contribution in [1.82, 2.24) is 19.7 Å². The van der Waals surface area contributed by atoms with Crippen LogP contribution in [0.15, 0.2) is 18.3 Å². The van der Waals surface area contributed by atoms with Crippen LogP contribution in [0.25, 0.3) is 6.20 Å². The second kappa shape index (κ2) is 15.7. The second-order valence-electron chi connectivity index (χ2n) is 11.4. The van der Waals surface area contributed by atoms with Crippen LogP contribution in [0.3, 0.4) is 0 Å². The van der Waals surface area contributed by atoms with Gasteiger partial charge in [0.1, 0.15) is 23.1 Å². The summed E-state index contributed by atoms with van der Waals surface area (Å²) in [6.45, 7) is 6.56. The molecule has 45 heavy (non-hydrogen) atoms. The van der Waals surface area contributed by atoms with E-state index in [2.05, 4.69) is 5.32 Å². The fourth-order valence-corrected chi connectivity index (χ4v) is 4.87. The van der Waals surface area contributed by atoms with Crippen LogP contribution in [0.4, 0.5) is 9.59 Å². The maximum Gasteiger partial charge on any atom is 0.415 e. The standard InChI is InChI=1S/C20H26N4O7.C7H10O3.C2H4O2/c1-20(2,3)31-18(28)21-12-6-5-9-23(16(12)25)15-13-7-8-14(17(26)27)22(13)10-11-24(15)19(29)30-4;8-6-3-1-5(2-4-6)7(9)10;1-2(3)4/h7-8,10-12,15H,5-6,9H2,1-4H3,(H,21,28)(H,26,27);5H,1-4H2,(H,9,10);1H3,(H,3,4). The third kappa shape index (κ3) is 10.4. The molecule has 1 saturated heterocycles. The Kier molecular flexibility index (Phi) is 12.7. The Morgan fingerprint density at radius 2 is 1.56 bits per heavy atom. The average Bonchev–Trinajstić information content (AvgIpc) is 3.37. The van der Waals surface area contributed by atoms with Gasteiger partial charge in [0, 0.05) is 38.7 Å². The number of rotatable bonds is 4. The van der Waals surface area contributed by atoms with Crippen LogP contribution < -0.4 is 5.32 Å². The third-order valence-electron chi connectivity index (χ3n) is 6.81. The number of carbonyl (C=O) groups is 7. The fraction of sp³-hybridized carbons (Fsp3) is 0.552. The number of carboxylic acid groups (broad SMARTS) is 3. The van der Waals surface area contributed by atoms with Gasteiger partial charge in [0.15, 0.2) is 6.17 Å². The Balaban J connectivity index is 0.000000416. The molecule has 3 amide bonds. The lowest BCUT2D eigenvalue weighted by atomic mass is 9.89. The Hall–Kier alpha value is -4.89. The lowest BCUT2D eigenvalue weighted by molar-refractivity contribution is -0.144. The normalized spacial score (nSPS) is 19.6. The van der Waals surface area contributed by atoms with Crippen LogP contribution in [-0.4, -0.2) is 96.8 Å². The topological polar surface area (TPSA) is 222 Å². The molecule has 0 bridgehead atoms. The van der Waals surface area contributed by atoms with E-state index in [0.717, 1.165) is 6.92 Å². The zero-order chi connectivity index (χ0) is 34.1. The molecule has 2 fully saturated rings. The van der Waals surface area contributed by atoms with Crippen LogP contribution in [-0.2, 0) is 28.7 Å². The molecule has 4 rings (SSSR count). The number of carboxylic acids is 3. The Labute approximate surface area is 259 Å². The SMILES string of the molecule is CC(=O)O.COC(=O)N1C=Cn2c(C(=O)O)ccc2C1N1CCCC(NC(=O)OC(C)(C)C)C1=O.O=C1CCC(C(=O)O)CC1. The number of piperidine rings is 1. The van der Waals surface area contributed by atoms with E-state index in [1.807, 2.05) is 0 Å². The summed E-state index contributed by atoms with van der Waals surface area (Å²) < 4.78 is 11.5. The fourth-order valence-electron chi connectivity index (χ4n) is 4.87. The van der Waals surface area contributed by atoms with E-state index < -0.39 is 53.8 Å². The molecule has 0 spiro atoms. The van der Waals surface area contributed by atoms with Crippen molar-refractivity contribution in [3.63, 3.8) is 0 Å². The van der Waals surface area contributed by atoms with Gasteiger partial charge in [-0.3, -0.25) is 24.1 Å². The highest BCUT2D eigenvalue weighted by Crippen LogP contribution is 2.34. The van der Waals surface area contributed by atoms with Gasteiger partial charge in [-0.25, -0.2) is 14.4 Å². The zero-order valence-corrected chi connectivity index (χ0v) is 25.8. The summed E-state index contributed by atoms with van der Waals surface area (Å²) in [5.74, 6) is -3.20. The number of likely N-dealkylation sites (tertiary alicyclic amines) is 1. The minimum absolute atomic E-state index is 0.00588. The van der Waals surface area contributed by atoms with Crippen molar-refractivity contribution in [2.45, 2.75) is 84.0 Å². The van der Waals surface area contributed by atoms with Gasteiger partial charge in [-0.05, 0) is 58.6 Å². The number of ether oxygens (including phenoxy) is 2. The maximum absolute atomic E-state index is 13.3. The van der Waals surface area contributed by atoms with Gasteiger partial charge in [0.05, 0.1) is 18.7 Å². The average molecular weight is 637 g/mol. The zero-order valence-electron chi connectivity index (χ0n) is 25.8. The van der Waals surface area contributed by atoms with E-state index >= 15 is 0 Å². The number of methoxy groups -OCH3 is 1. The molecule has 3 heterocycles. The highest BCUT2D eigenvalue weighted by atomic mass is 16.6. The van der Waals surface area contributed by atoms with Crippen molar-refractivity contribution in [3.05, 3.63) is 29.7 Å². The molecule has 4 N–H and O–H groups in total. The van der Waals surface area contributed by atoms with Crippen LogP contribution in [0.2, 0.25) is 0 Å². The van der Waals surface area contributed by atoms with E-state index in [9.17, 15) is 33.9 Å². The largest absolute Gasteiger partial charge is 0.481 e. The van der Waals surface area contributed by atoms with Crippen molar-refractivity contribution in [1.29, 1.82) is 0 Å². The number of aromatic nitrogens is 1. The van der Waals surface area contributed by atoms with E-state index in [1.54, 1.807) is 26.8 Å². The highest BCUT2D eigenvalue weighted by molar-refractivity contribution is 5.89. The smallest absolute Gasteiger partial charge is 0.415 e. The Morgan fingerprint density at radius 1 is 0.956 bits per heavy atom. The van der Waals surface area contributed by atoms with E-state index in [0.29, 0.717) is 50.8 Å². The van der Waals surface area contributed by atoms with Crippen LogP contribution in [0.5, 0.6) is 0 Å². The molecule has 1 aromatic rings. The van der Waals surface area contributed by atoms with Gasteiger partial charge in [-0.15, -0.1) is 0 Å². The number of carbonyl (C=O) groups excluding carboxylic acids is 4. The minimum atomic E-state index is -1.14. The quantitative estimate of drug-likeness (QED) is 0.374. The first-order chi connectivity index (χ1) is 21.0. The van der Waals surface area contributed by atoms with Crippen molar-refractivity contribution >= 4 is 48.0 Å². The van der Waals surface area contributed by atoms with Crippen LogP contribution in [0.1, 0.15) is 88.6 Å². The van der Waals surface area contributed by atoms with Gasteiger partial charge < -0.3 is 39.6 Å². The first kappa shape index (κ1) is 36.3. The highest BCUT2D eigenvalue weighted by Gasteiger charge is 2.42. The van der Waals surface area contributed by atoms with Gasteiger partial charge in [-0.1, -0.05) is 0 Å². The first-order valence-corrected chi connectivity index (χ1v) is 14.2. The number of hydrogen-bond acceptors (Lipinski definition) is 9. The summed E-state index contributed by atoms with van der Waals surface area (Å²) in [4.78, 5) is 82.0. The number of nitrogens with one attached hydrogen (secondary N) is 1. The summed E-state index contributed by atoms with van der Waals surface area (Å²) in [5.41, 5.74) is -0.309. The predicted octanol–water partition coefficient (Wildman–Crippen LogP) is 3.13. The lowest BCUT2D eigenvalue weighted by Crippen LogP contribution is -2.57. The minimum Gasteiger partial charge on any atom is -0.481 e. The Bertz CT molecular complexity index is 1310. The maximum atomic E-state index is 13.3. The number of amides is 3. The molecule has 16 heteroatoms. The molecular formula is C29H40N4O12. The van der Waals surface area contributed by atoms with E-state index in [4.69, 9.17) is 24.5 Å². The molecule has 1 aliphatic carbocycles. The monoisotopic (exact) mass is 636 g/mol. The van der Waals surface area contributed by atoms with Gasteiger partial charge in [0.2, 0.25) is 5.91 Å². The Morgan fingerprint density at radius 3 is 2.07 bits per heavy atom. The summed E-state index contributed by atoms with van der Waals surface area (Å²) in [6, 6.07) is 2.11. The molecule has 2 aliphatic heterocycles. The van der Waals surface area contributed by atoms with Crippen molar-refractivity contribution in [3.8, 4) is 0 Å². The molecule has 2 atom stereocenters. The molecule has 16 nitrogen and oxygen atoms in total. The third-order valence-corrected chi connectivity index (χ3v) is 6.81. The molecule has 0 aromatic carbocycles. The summed E-state index contributed by atoms with van der Waals surface area (Å²) in [6.07, 6.45) is 3.41. The van der Waals surface area contributed by atoms with Gasteiger partial charge in [-0.2, -0.15) is 0 Å². The van der Waals surface area contributed by atoms with Gasteiger partial charge in [0.25, 0.3) is 5.97 Å². The summed E-state index contributed by atoms with van der Waals surface area (Å²) >= 11 is 0. The number of ketones is 1.